The van der Waals surface area contributed by atoms with E-state index >= 15 is 0 Å². The second-order valence-electron chi connectivity index (χ2n) is 9.27. The van der Waals surface area contributed by atoms with Gasteiger partial charge in [0, 0.05) is 57.2 Å². The smallest absolute Gasteiger partial charge is 0.295 e. The Labute approximate surface area is 221 Å². The van der Waals surface area contributed by atoms with E-state index in [0.29, 0.717) is 38.5 Å². The molecule has 202 valence electrons. The van der Waals surface area contributed by atoms with Crippen LogP contribution in [0, 0.1) is 0 Å². The van der Waals surface area contributed by atoms with E-state index in [9.17, 15) is 23.1 Å². The van der Waals surface area contributed by atoms with Crippen molar-refractivity contribution in [2.24, 2.45) is 0 Å². The first-order valence-corrected chi connectivity index (χ1v) is 14.0. The summed E-state index contributed by atoms with van der Waals surface area (Å²) in [5.41, 5.74) is 0.793. The number of rotatable bonds is 7. The summed E-state index contributed by atoms with van der Waals surface area (Å²) in [7, 11) is -3.72. The van der Waals surface area contributed by atoms with E-state index in [0.717, 1.165) is 13.1 Å². The summed E-state index contributed by atoms with van der Waals surface area (Å²) in [6.45, 7) is 4.74. The van der Waals surface area contributed by atoms with Crippen molar-refractivity contribution < 1.29 is 32.6 Å². The molecule has 3 fully saturated rings. The van der Waals surface area contributed by atoms with E-state index in [-0.39, 0.29) is 41.4 Å². The summed E-state index contributed by atoms with van der Waals surface area (Å²) < 4.78 is 37.9. The Hall–Kier alpha value is -3.16. The van der Waals surface area contributed by atoms with Crippen molar-refractivity contribution in [2.75, 3.05) is 65.7 Å². The van der Waals surface area contributed by atoms with Crippen molar-refractivity contribution >= 4 is 27.5 Å². The van der Waals surface area contributed by atoms with Crippen LogP contribution in [0.5, 0.6) is 0 Å². The molecule has 1 aromatic heterocycles. The zero-order valence-electron chi connectivity index (χ0n) is 20.9. The van der Waals surface area contributed by atoms with Crippen LogP contribution in [0.3, 0.4) is 0 Å². The number of hydrogen-bond donors (Lipinski definition) is 1. The SMILES string of the molecule is O=C1C(=O)N(CCN2CCOCC2)C(c2cccnc2)/C1=C(\O)c1ccc(S(=O)(=O)N2CCOCC2)cc1. The third-order valence-corrected chi connectivity index (χ3v) is 8.95. The average Bonchev–Trinajstić information content (AvgIpc) is 3.22. The summed E-state index contributed by atoms with van der Waals surface area (Å²) in [5, 5.41) is 11.3. The summed E-state index contributed by atoms with van der Waals surface area (Å²) in [4.78, 5) is 34.2. The number of morpholine rings is 2. The Bertz CT molecular complexity index is 1300. The Kier molecular flexibility index (Phi) is 7.86. The minimum absolute atomic E-state index is 0.0474. The molecule has 5 rings (SSSR count). The molecule has 3 aliphatic heterocycles. The van der Waals surface area contributed by atoms with Crippen LogP contribution < -0.4 is 0 Å². The Morgan fingerprint density at radius 3 is 2.24 bits per heavy atom. The lowest BCUT2D eigenvalue weighted by Gasteiger charge is -2.30. The van der Waals surface area contributed by atoms with E-state index < -0.39 is 27.8 Å². The molecule has 1 unspecified atom stereocenters. The number of ketones is 1. The molecule has 0 saturated carbocycles. The highest BCUT2D eigenvalue weighted by Gasteiger charge is 2.46. The topological polar surface area (TPSA) is 130 Å². The normalized spacial score (nSPS) is 23.2. The van der Waals surface area contributed by atoms with Crippen molar-refractivity contribution in [3.63, 3.8) is 0 Å². The van der Waals surface area contributed by atoms with Gasteiger partial charge in [0.1, 0.15) is 5.76 Å². The number of aliphatic hydroxyl groups excluding tert-OH is 1. The van der Waals surface area contributed by atoms with E-state index in [4.69, 9.17) is 9.47 Å². The van der Waals surface area contributed by atoms with Gasteiger partial charge < -0.3 is 19.5 Å². The molecule has 3 saturated heterocycles. The van der Waals surface area contributed by atoms with Gasteiger partial charge in [0.05, 0.1) is 42.9 Å². The van der Waals surface area contributed by atoms with Crippen LogP contribution >= 0.6 is 0 Å². The van der Waals surface area contributed by atoms with Gasteiger partial charge in [-0.15, -0.1) is 0 Å². The molecule has 1 N–H and O–H groups in total. The molecule has 38 heavy (non-hydrogen) atoms. The second kappa shape index (κ2) is 11.3. The number of nitrogens with zero attached hydrogens (tertiary/aromatic N) is 4. The molecule has 0 aliphatic carbocycles. The number of aliphatic hydroxyl groups is 1. The van der Waals surface area contributed by atoms with Crippen molar-refractivity contribution in [1.29, 1.82) is 0 Å². The maximum Gasteiger partial charge on any atom is 0.295 e. The number of carbonyl (C=O) groups excluding carboxylic acids is 2. The van der Waals surface area contributed by atoms with Crippen molar-refractivity contribution in [2.45, 2.75) is 10.9 Å². The van der Waals surface area contributed by atoms with Crippen molar-refractivity contribution in [3.05, 3.63) is 65.5 Å². The number of hydrogen-bond acceptors (Lipinski definition) is 9. The fourth-order valence-corrected chi connectivity index (χ4v) is 6.35. The number of Topliss-reactive ketones (excluding diaryl/α,β-unsaturated/α-hetero) is 1. The molecule has 0 bridgehead atoms. The maximum atomic E-state index is 13.2. The molecule has 1 atom stereocenters. The summed E-state index contributed by atoms with van der Waals surface area (Å²) in [6.07, 6.45) is 3.17. The molecule has 12 heteroatoms. The van der Waals surface area contributed by atoms with Gasteiger partial charge in [-0.2, -0.15) is 4.31 Å². The lowest BCUT2D eigenvalue weighted by molar-refractivity contribution is -0.140. The molecule has 0 radical (unpaired) electrons. The molecule has 11 nitrogen and oxygen atoms in total. The minimum Gasteiger partial charge on any atom is -0.507 e. The third kappa shape index (κ3) is 5.22. The van der Waals surface area contributed by atoms with Gasteiger partial charge in [0.25, 0.3) is 11.7 Å². The quantitative estimate of drug-likeness (QED) is 0.308. The second-order valence-corrected chi connectivity index (χ2v) is 11.2. The van der Waals surface area contributed by atoms with Crippen LogP contribution in [-0.4, -0.2) is 110 Å². The van der Waals surface area contributed by atoms with Crippen molar-refractivity contribution in [3.8, 4) is 0 Å². The average molecular weight is 543 g/mol. The van der Waals surface area contributed by atoms with Gasteiger partial charge >= 0.3 is 0 Å². The third-order valence-electron chi connectivity index (χ3n) is 7.04. The highest BCUT2D eigenvalue weighted by Crippen LogP contribution is 2.39. The maximum absolute atomic E-state index is 13.2. The van der Waals surface area contributed by atoms with Gasteiger partial charge in [-0.05, 0) is 35.9 Å². The van der Waals surface area contributed by atoms with Crippen LogP contribution in [-0.2, 0) is 29.1 Å². The number of likely N-dealkylation sites (tertiary alicyclic amines) is 1. The zero-order chi connectivity index (χ0) is 26.7. The highest BCUT2D eigenvalue weighted by molar-refractivity contribution is 7.89. The van der Waals surface area contributed by atoms with Gasteiger partial charge in [-0.25, -0.2) is 8.42 Å². The van der Waals surface area contributed by atoms with E-state index in [1.165, 1.54) is 33.5 Å². The van der Waals surface area contributed by atoms with Crippen LogP contribution in [0.25, 0.3) is 5.76 Å². The number of benzene rings is 1. The Balaban J connectivity index is 1.46. The summed E-state index contributed by atoms with van der Waals surface area (Å²) in [6, 6.07) is 8.34. The molecular formula is C26H30N4O7S. The van der Waals surface area contributed by atoms with Gasteiger partial charge in [0.15, 0.2) is 0 Å². The largest absolute Gasteiger partial charge is 0.507 e. The number of aromatic nitrogens is 1. The fourth-order valence-electron chi connectivity index (χ4n) is 4.95. The van der Waals surface area contributed by atoms with E-state index in [1.54, 1.807) is 24.5 Å². The Morgan fingerprint density at radius 1 is 0.947 bits per heavy atom. The van der Waals surface area contributed by atoms with Gasteiger partial charge in [-0.3, -0.25) is 19.5 Å². The first-order chi connectivity index (χ1) is 18.4. The summed E-state index contributed by atoms with van der Waals surface area (Å²) >= 11 is 0. The summed E-state index contributed by atoms with van der Waals surface area (Å²) in [5.74, 6) is -1.84. The molecule has 1 amide bonds. The predicted molar refractivity (Wildman–Crippen MR) is 137 cm³/mol. The van der Waals surface area contributed by atoms with Crippen LogP contribution in [0.15, 0.2) is 59.3 Å². The van der Waals surface area contributed by atoms with Gasteiger partial charge in [0.2, 0.25) is 10.0 Å². The molecule has 3 aliphatic rings. The number of amides is 1. The fraction of sp³-hybridized carbons (Fsp3) is 0.423. The van der Waals surface area contributed by atoms with E-state index in [1.807, 2.05) is 0 Å². The minimum atomic E-state index is -3.72. The standard InChI is InChI=1S/C26H30N4O7S/c31-24(19-3-5-21(6-4-19)38(34,35)29-12-16-37-17-13-29)22-23(20-2-1-7-27-18-20)30(26(33)25(22)32)9-8-28-10-14-36-15-11-28/h1-7,18,23,31H,8-17H2/b24-22+. The molecule has 1 aromatic carbocycles. The van der Waals surface area contributed by atoms with E-state index in [2.05, 4.69) is 9.88 Å². The number of sulfonamides is 1. The molecule has 0 spiro atoms. The lowest BCUT2D eigenvalue weighted by atomic mass is 9.96. The van der Waals surface area contributed by atoms with Crippen LogP contribution in [0.2, 0.25) is 0 Å². The molecular weight excluding hydrogens is 512 g/mol. The number of carbonyl (C=O) groups is 2. The zero-order valence-corrected chi connectivity index (χ0v) is 21.7. The van der Waals surface area contributed by atoms with Crippen LogP contribution in [0.4, 0.5) is 0 Å². The highest BCUT2D eigenvalue weighted by atomic mass is 32.2. The predicted octanol–water partition coefficient (Wildman–Crippen LogP) is 0.856. The van der Waals surface area contributed by atoms with Crippen LogP contribution in [0.1, 0.15) is 17.2 Å². The van der Waals surface area contributed by atoms with Gasteiger partial charge in [-0.1, -0.05) is 6.07 Å². The molecule has 4 heterocycles. The number of ether oxygens (including phenoxy) is 2. The molecule has 2 aromatic rings. The Morgan fingerprint density at radius 2 is 1.61 bits per heavy atom. The first-order valence-electron chi connectivity index (χ1n) is 12.5. The first kappa shape index (κ1) is 26.4. The monoisotopic (exact) mass is 542 g/mol. The number of pyridine rings is 1. The van der Waals surface area contributed by atoms with Crippen molar-refractivity contribution in [1.82, 2.24) is 19.1 Å². The lowest BCUT2D eigenvalue weighted by Crippen LogP contribution is -2.42.